The quantitative estimate of drug-likeness (QED) is 0.739. The summed E-state index contributed by atoms with van der Waals surface area (Å²) < 4.78 is 50.2. The van der Waals surface area contributed by atoms with E-state index in [1.54, 1.807) is 4.90 Å². The van der Waals surface area contributed by atoms with Crippen LogP contribution in [0.4, 0.5) is 23.7 Å². The third-order valence-corrected chi connectivity index (χ3v) is 6.30. The van der Waals surface area contributed by atoms with Crippen molar-refractivity contribution in [2.24, 2.45) is 5.92 Å². The lowest BCUT2D eigenvalue weighted by Crippen LogP contribution is -2.40. The second kappa shape index (κ2) is 6.90. The molecule has 1 aromatic heterocycles. The first-order valence-corrected chi connectivity index (χ1v) is 9.95. The van der Waals surface area contributed by atoms with Gasteiger partial charge in [-0.1, -0.05) is 0 Å². The Bertz CT molecular complexity index is 1090. The van der Waals surface area contributed by atoms with Crippen LogP contribution in [0.15, 0.2) is 17.1 Å². The van der Waals surface area contributed by atoms with Gasteiger partial charge < -0.3 is 24.6 Å². The van der Waals surface area contributed by atoms with Crippen LogP contribution in [0.5, 0.6) is 5.75 Å². The van der Waals surface area contributed by atoms with Crippen LogP contribution in [0.25, 0.3) is 10.9 Å². The van der Waals surface area contributed by atoms with Crippen molar-refractivity contribution in [2.45, 2.75) is 37.5 Å². The van der Waals surface area contributed by atoms with Crippen LogP contribution in [0.2, 0.25) is 0 Å². The molecule has 1 saturated carbocycles. The molecule has 4 atom stereocenters. The molecule has 3 heterocycles. The minimum Gasteiger partial charge on any atom is -0.449 e. The number of hydrogen-bond donors (Lipinski definition) is 2. The van der Waals surface area contributed by atoms with Gasteiger partial charge in [-0.15, -0.1) is 0 Å². The van der Waals surface area contributed by atoms with Crippen molar-refractivity contribution in [2.75, 3.05) is 24.5 Å². The van der Waals surface area contributed by atoms with E-state index in [0.717, 1.165) is 31.6 Å². The van der Waals surface area contributed by atoms with Gasteiger partial charge in [0, 0.05) is 25.6 Å². The van der Waals surface area contributed by atoms with E-state index < -0.39 is 41.2 Å². The van der Waals surface area contributed by atoms with Gasteiger partial charge in [0.2, 0.25) is 5.43 Å². The molecule has 3 fully saturated rings. The number of piperidine rings is 1. The number of aromatic nitrogens is 1. The molecule has 3 aliphatic rings. The highest BCUT2D eigenvalue weighted by Crippen LogP contribution is 2.43. The highest BCUT2D eigenvalue weighted by Gasteiger charge is 2.42. The van der Waals surface area contributed by atoms with E-state index >= 15 is 8.78 Å². The molecule has 0 bridgehead atoms. The van der Waals surface area contributed by atoms with Crippen LogP contribution in [0.3, 0.4) is 0 Å². The average molecular weight is 423 g/mol. The van der Waals surface area contributed by atoms with Crippen LogP contribution >= 0.6 is 0 Å². The van der Waals surface area contributed by atoms with Gasteiger partial charge in [-0.25, -0.2) is 18.0 Å². The number of rotatable bonds is 3. The van der Waals surface area contributed by atoms with Crippen LogP contribution in [-0.4, -0.2) is 47.7 Å². The van der Waals surface area contributed by atoms with Crippen molar-refractivity contribution >= 4 is 22.7 Å². The Labute approximate surface area is 169 Å². The van der Waals surface area contributed by atoms with Gasteiger partial charge in [-0.2, -0.15) is 0 Å². The number of fused-ring (bicyclic) bond motifs is 2. The van der Waals surface area contributed by atoms with Crippen molar-refractivity contribution in [1.29, 1.82) is 0 Å². The summed E-state index contributed by atoms with van der Waals surface area (Å²) in [6.07, 6.45) is 0.0592. The number of alkyl halides is 1. The van der Waals surface area contributed by atoms with Crippen LogP contribution in [0, 0.1) is 17.6 Å². The first-order valence-electron chi connectivity index (χ1n) is 9.95. The Morgan fingerprint density at radius 2 is 2.07 bits per heavy atom. The lowest BCUT2D eigenvalue weighted by atomic mass is 9.94. The molecule has 10 heteroatoms. The number of halogens is 3. The number of nitrogens with one attached hydrogen (secondary N) is 1. The second-order valence-corrected chi connectivity index (χ2v) is 8.20. The largest absolute Gasteiger partial charge is 0.511 e. The van der Waals surface area contributed by atoms with E-state index in [-0.39, 0.29) is 35.0 Å². The van der Waals surface area contributed by atoms with Crippen LogP contribution in [-0.2, 0) is 0 Å². The van der Waals surface area contributed by atoms with E-state index in [2.05, 4.69) is 10.1 Å². The third-order valence-electron chi connectivity index (χ3n) is 6.30. The monoisotopic (exact) mass is 423 g/mol. The highest BCUT2D eigenvalue weighted by atomic mass is 19.1. The van der Waals surface area contributed by atoms with Gasteiger partial charge in [0.05, 0.1) is 23.1 Å². The third kappa shape index (κ3) is 3.01. The topological polar surface area (TPSA) is 83.8 Å². The maximum Gasteiger partial charge on any atom is 0.511 e. The first kappa shape index (κ1) is 19.2. The molecule has 0 radical (unpaired) electrons. The standard InChI is InChI=1S/C20H20F3N3O4/c21-11-5-14(11)26-8-15(30-20(28)29)19(27)10-4-12(22)18(16(23)17(10)26)25-6-9-2-1-3-24-13(9)7-25/h4,8-9,11,13-14,24H,1-3,5-7H2,(H,28,29)/t9-,11-,13+,14+/m0/s1. The van der Waals surface area contributed by atoms with E-state index in [9.17, 15) is 14.0 Å². The number of pyridine rings is 1. The fourth-order valence-corrected chi connectivity index (χ4v) is 4.79. The van der Waals surface area contributed by atoms with E-state index in [0.29, 0.717) is 13.1 Å². The zero-order valence-electron chi connectivity index (χ0n) is 15.9. The number of nitrogens with zero attached hydrogens (tertiary/aromatic N) is 2. The molecule has 2 N–H and O–H groups in total. The smallest absolute Gasteiger partial charge is 0.449 e. The molecule has 7 nitrogen and oxygen atoms in total. The van der Waals surface area contributed by atoms with Crippen molar-refractivity contribution in [3.63, 3.8) is 0 Å². The lowest BCUT2D eigenvalue weighted by molar-refractivity contribution is 0.143. The molecule has 0 amide bonds. The average Bonchev–Trinajstić information content (AvgIpc) is 3.26. The molecule has 2 saturated heterocycles. The molecule has 0 unspecified atom stereocenters. The number of benzene rings is 1. The lowest BCUT2D eigenvalue weighted by Gasteiger charge is -2.24. The summed E-state index contributed by atoms with van der Waals surface area (Å²) in [5.41, 5.74) is -1.43. The van der Waals surface area contributed by atoms with Gasteiger partial charge in [-0.3, -0.25) is 4.79 Å². The minimum atomic E-state index is -1.74. The number of carboxylic acid groups (broad SMARTS) is 1. The van der Waals surface area contributed by atoms with Crippen LogP contribution < -0.4 is 20.4 Å². The van der Waals surface area contributed by atoms with E-state index in [1.165, 1.54) is 4.57 Å². The SMILES string of the molecule is O=C(O)Oc1cn([C@@H]2C[C@@H]2F)c2c(F)c(N3C[C@@H]4CCCN[C@@H]4C3)c(F)cc2c1=O. The molecule has 1 aliphatic carbocycles. The zero-order valence-corrected chi connectivity index (χ0v) is 15.9. The van der Waals surface area contributed by atoms with Gasteiger partial charge >= 0.3 is 6.16 Å². The number of carbonyl (C=O) groups is 1. The molecule has 30 heavy (non-hydrogen) atoms. The number of ether oxygens (including phenoxy) is 1. The summed E-state index contributed by atoms with van der Waals surface area (Å²) in [6, 6.07) is 0.270. The van der Waals surface area contributed by atoms with Gasteiger partial charge in [-0.05, 0) is 31.4 Å². The zero-order chi connectivity index (χ0) is 21.2. The van der Waals surface area contributed by atoms with E-state index in [1.807, 2.05) is 0 Å². The maximum atomic E-state index is 15.7. The Hall–Kier alpha value is -2.75. The Kier molecular flexibility index (Phi) is 4.42. The second-order valence-electron chi connectivity index (χ2n) is 8.20. The summed E-state index contributed by atoms with van der Waals surface area (Å²) in [6.45, 7) is 1.78. The maximum absolute atomic E-state index is 15.7. The summed E-state index contributed by atoms with van der Waals surface area (Å²) in [4.78, 5) is 25.2. The van der Waals surface area contributed by atoms with Gasteiger partial charge in [0.25, 0.3) is 0 Å². The predicted octanol–water partition coefficient (Wildman–Crippen LogP) is 2.81. The first-order chi connectivity index (χ1) is 14.3. The summed E-state index contributed by atoms with van der Waals surface area (Å²) >= 11 is 0. The fourth-order valence-electron chi connectivity index (χ4n) is 4.79. The number of hydrogen-bond acceptors (Lipinski definition) is 5. The molecule has 2 aliphatic heterocycles. The van der Waals surface area contributed by atoms with Crippen molar-refractivity contribution in [1.82, 2.24) is 9.88 Å². The summed E-state index contributed by atoms with van der Waals surface area (Å²) in [5.74, 6) is -2.19. The molecule has 1 aromatic carbocycles. The van der Waals surface area contributed by atoms with Gasteiger partial charge in [0.15, 0.2) is 11.6 Å². The normalized spacial score (nSPS) is 27.9. The molecule has 0 spiro atoms. The molecular weight excluding hydrogens is 403 g/mol. The Morgan fingerprint density at radius 1 is 1.30 bits per heavy atom. The summed E-state index contributed by atoms with van der Waals surface area (Å²) in [5, 5.41) is 11.9. The van der Waals surface area contributed by atoms with Crippen LogP contribution in [0.1, 0.15) is 25.3 Å². The molecule has 5 rings (SSSR count). The molecule has 2 aromatic rings. The van der Waals surface area contributed by atoms with Gasteiger partial charge in [0.1, 0.15) is 17.7 Å². The Morgan fingerprint density at radius 3 is 2.73 bits per heavy atom. The Balaban J connectivity index is 1.67. The minimum absolute atomic E-state index is 0.0917. The van der Waals surface area contributed by atoms with Crippen molar-refractivity contribution in [3.05, 3.63) is 34.1 Å². The van der Waals surface area contributed by atoms with E-state index in [4.69, 9.17) is 5.11 Å². The molecular formula is C20H20F3N3O4. The fraction of sp³-hybridized carbons (Fsp3) is 0.500. The number of anilines is 1. The predicted molar refractivity (Wildman–Crippen MR) is 102 cm³/mol. The summed E-state index contributed by atoms with van der Waals surface area (Å²) in [7, 11) is 0. The highest BCUT2D eigenvalue weighted by molar-refractivity contribution is 5.86. The van der Waals surface area contributed by atoms with Crippen molar-refractivity contribution < 1.29 is 27.8 Å². The molecule has 160 valence electrons. The van der Waals surface area contributed by atoms with Crippen molar-refractivity contribution in [3.8, 4) is 5.75 Å².